The Morgan fingerprint density at radius 1 is 1.11 bits per heavy atom. The van der Waals surface area contributed by atoms with Gasteiger partial charge in [-0.1, -0.05) is 43.3 Å². The van der Waals surface area contributed by atoms with Crippen LogP contribution in [-0.4, -0.2) is 45.2 Å². The molecule has 1 atom stereocenters. The van der Waals surface area contributed by atoms with Gasteiger partial charge in [-0.15, -0.1) is 11.3 Å². The van der Waals surface area contributed by atoms with E-state index in [0.29, 0.717) is 25.7 Å². The second-order valence-corrected chi connectivity index (χ2v) is 7.52. The maximum atomic E-state index is 11.8. The van der Waals surface area contributed by atoms with Crippen molar-refractivity contribution in [2.24, 2.45) is 10.9 Å². The van der Waals surface area contributed by atoms with Crippen LogP contribution in [0.25, 0.3) is 0 Å². The third-order valence-corrected chi connectivity index (χ3v) is 4.90. The van der Waals surface area contributed by atoms with E-state index in [1.807, 2.05) is 35.7 Å². The van der Waals surface area contributed by atoms with E-state index in [1.54, 1.807) is 7.05 Å². The van der Waals surface area contributed by atoms with E-state index in [-0.39, 0.29) is 5.91 Å². The fourth-order valence-corrected chi connectivity index (χ4v) is 3.13. The number of hydrogen-bond acceptors (Lipinski definition) is 4. The largest absolute Gasteiger partial charge is 0.376 e. The molecule has 6 nitrogen and oxygen atoms in total. The Morgan fingerprint density at radius 2 is 1.89 bits per heavy atom. The van der Waals surface area contributed by atoms with Gasteiger partial charge in [0.15, 0.2) is 5.96 Å². The molecular formula is C21H30N4O2S. The molecule has 0 aliphatic rings. The van der Waals surface area contributed by atoms with E-state index in [2.05, 4.69) is 40.0 Å². The zero-order valence-electron chi connectivity index (χ0n) is 16.6. The summed E-state index contributed by atoms with van der Waals surface area (Å²) in [6.07, 6.45) is 0.827. The Labute approximate surface area is 171 Å². The first-order valence-corrected chi connectivity index (χ1v) is 10.4. The van der Waals surface area contributed by atoms with Crippen molar-refractivity contribution in [3.8, 4) is 0 Å². The van der Waals surface area contributed by atoms with Crippen LogP contribution in [0.4, 0.5) is 0 Å². The van der Waals surface area contributed by atoms with Crippen LogP contribution in [-0.2, 0) is 11.3 Å². The van der Waals surface area contributed by atoms with E-state index in [9.17, 15) is 4.79 Å². The van der Waals surface area contributed by atoms with Gasteiger partial charge in [-0.25, -0.2) is 0 Å². The molecule has 0 aliphatic carbocycles. The molecule has 1 unspecified atom stereocenters. The summed E-state index contributed by atoms with van der Waals surface area (Å²) in [5.41, 5.74) is 1.19. The lowest BCUT2D eigenvalue weighted by Gasteiger charge is -2.16. The summed E-state index contributed by atoms with van der Waals surface area (Å²) in [5.74, 6) is 1.12. The van der Waals surface area contributed by atoms with Crippen LogP contribution in [0.5, 0.6) is 0 Å². The van der Waals surface area contributed by atoms with Crippen LogP contribution >= 0.6 is 11.3 Å². The molecule has 0 bridgehead atoms. The number of thiophene rings is 1. The monoisotopic (exact) mass is 402 g/mol. The standard InChI is InChI=1S/C21H30N4O2S/c1-17(15-27-16-18-8-4-3-5-9-18)14-25-21(22-2)24-12-7-11-23-20(26)19-10-6-13-28-19/h3-6,8-10,13,17H,7,11-12,14-16H2,1-2H3,(H,23,26)(H2,22,24,25). The molecular weight excluding hydrogens is 372 g/mol. The molecule has 7 heteroatoms. The highest BCUT2D eigenvalue weighted by molar-refractivity contribution is 7.12. The summed E-state index contributed by atoms with van der Waals surface area (Å²) in [4.78, 5) is 16.8. The minimum atomic E-state index is -0.0122. The van der Waals surface area contributed by atoms with Gasteiger partial charge in [0.2, 0.25) is 0 Å². The highest BCUT2D eigenvalue weighted by atomic mass is 32.1. The van der Waals surface area contributed by atoms with Crippen LogP contribution in [0.2, 0.25) is 0 Å². The lowest BCUT2D eigenvalue weighted by atomic mass is 10.2. The Hall–Kier alpha value is -2.38. The van der Waals surface area contributed by atoms with Gasteiger partial charge >= 0.3 is 0 Å². The molecule has 2 aromatic rings. The number of amides is 1. The minimum absolute atomic E-state index is 0.0122. The number of guanidine groups is 1. The van der Waals surface area contributed by atoms with Crippen molar-refractivity contribution in [2.75, 3.05) is 33.3 Å². The molecule has 0 spiro atoms. The third-order valence-electron chi connectivity index (χ3n) is 4.03. The van der Waals surface area contributed by atoms with Gasteiger partial charge in [-0.05, 0) is 29.3 Å². The number of hydrogen-bond donors (Lipinski definition) is 3. The van der Waals surface area contributed by atoms with Gasteiger partial charge in [0, 0.05) is 26.7 Å². The van der Waals surface area contributed by atoms with E-state index in [4.69, 9.17) is 4.74 Å². The van der Waals surface area contributed by atoms with Crippen molar-refractivity contribution in [2.45, 2.75) is 20.0 Å². The first kappa shape index (κ1) is 21.9. The third kappa shape index (κ3) is 8.54. The van der Waals surface area contributed by atoms with Gasteiger partial charge < -0.3 is 20.7 Å². The maximum Gasteiger partial charge on any atom is 0.261 e. The fraction of sp³-hybridized carbons (Fsp3) is 0.429. The van der Waals surface area contributed by atoms with Crippen molar-refractivity contribution >= 4 is 23.2 Å². The van der Waals surface area contributed by atoms with Gasteiger partial charge in [0.05, 0.1) is 18.1 Å². The molecule has 1 aromatic carbocycles. The van der Waals surface area contributed by atoms with E-state index in [1.165, 1.54) is 16.9 Å². The van der Waals surface area contributed by atoms with Crippen LogP contribution in [0.1, 0.15) is 28.6 Å². The normalized spacial score (nSPS) is 12.4. The molecule has 2 rings (SSSR count). The quantitative estimate of drug-likeness (QED) is 0.307. The summed E-state index contributed by atoms with van der Waals surface area (Å²) in [6.45, 7) is 5.62. The lowest BCUT2D eigenvalue weighted by Crippen LogP contribution is -2.41. The molecule has 0 fully saturated rings. The van der Waals surface area contributed by atoms with E-state index in [0.717, 1.165) is 30.3 Å². The number of rotatable bonds is 11. The molecule has 3 N–H and O–H groups in total. The Morgan fingerprint density at radius 3 is 2.61 bits per heavy atom. The van der Waals surface area contributed by atoms with E-state index >= 15 is 0 Å². The van der Waals surface area contributed by atoms with Crippen LogP contribution in [0.15, 0.2) is 52.8 Å². The lowest BCUT2D eigenvalue weighted by molar-refractivity contribution is 0.0931. The number of carbonyl (C=O) groups is 1. The summed E-state index contributed by atoms with van der Waals surface area (Å²) in [6, 6.07) is 13.9. The molecule has 0 saturated carbocycles. The van der Waals surface area contributed by atoms with Gasteiger partial charge in [0.25, 0.3) is 5.91 Å². The minimum Gasteiger partial charge on any atom is -0.376 e. The first-order chi connectivity index (χ1) is 13.7. The number of carbonyl (C=O) groups excluding carboxylic acids is 1. The van der Waals surface area contributed by atoms with Crippen molar-refractivity contribution in [1.29, 1.82) is 0 Å². The van der Waals surface area contributed by atoms with Crippen LogP contribution in [0, 0.1) is 5.92 Å². The second kappa shape index (κ2) is 12.9. The Kier molecular flexibility index (Phi) is 10.1. The SMILES string of the molecule is CN=C(NCCCNC(=O)c1cccs1)NCC(C)COCc1ccccc1. The first-order valence-electron chi connectivity index (χ1n) is 9.57. The predicted molar refractivity (Wildman–Crippen MR) is 116 cm³/mol. The van der Waals surface area contributed by atoms with Crippen molar-refractivity contribution in [1.82, 2.24) is 16.0 Å². The Balaban J connectivity index is 1.52. The average molecular weight is 403 g/mol. The summed E-state index contributed by atoms with van der Waals surface area (Å²) < 4.78 is 5.77. The number of aliphatic imine (C=N–C) groups is 1. The van der Waals surface area contributed by atoms with Crippen LogP contribution in [0.3, 0.4) is 0 Å². The predicted octanol–water partition coefficient (Wildman–Crippen LogP) is 2.89. The molecule has 1 heterocycles. The van der Waals surface area contributed by atoms with Gasteiger partial charge in [-0.2, -0.15) is 0 Å². The topological polar surface area (TPSA) is 74.8 Å². The van der Waals surface area contributed by atoms with Gasteiger partial charge in [-0.3, -0.25) is 9.79 Å². The molecule has 28 heavy (non-hydrogen) atoms. The molecule has 1 amide bonds. The molecule has 0 radical (unpaired) electrons. The van der Waals surface area contributed by atoms with Crippen molar-refractivity contribution < 1.29 is 9.53 Å². The van der Waals surface area contributed by atoms with Gasteiger partial charge in [0.1, 0.15) is 0 Å². The smallest absolute Gasteiger partial charge is 0.261 e. The zero-order valence-corrected chi connectivity index (χ0v) is 17.4. The molecule has 1 aromatic heterocycles. The van der Waals surface area contributed by atoms with Crippen molar-refractivity contribution in [3.63, 3.8) is 0 Å². The highest BCUT2D eigenvalue weighted by Gasteiger charge is 2.06. The highest BCUT2D eigenvalue weighted by Crippen LogP contribution is 2.07. The fourth-order valence-electron chi connectivity index (χ4n) is 2.49. The number of ether oxygens (including phenoxy) is 1. The number of benzene rings is 1. The van der Waals surface area contributed by atoms with E-state index < -0.39 is 0 Å². The number of nitrogens with one attached hydrogen (secondary N) is 3. The molecule has 152 valence electrons. The summed E-state index contributed by atoms with van der Waals surface area (Å²) >= 11 is 1.45. The Bertz CT molecular complexity index is 704. The summed E-state index contributed by atoms with van der Waals surface area (Å²) in [5, 5.41) is 11.4. The summed E-state index contributed by atoms with van der Waals surface area (Å²) in [7, 11) is 1.75. The van der Waals surface area contributed by atoms with Crippen LogP contribution < -0.4 is 16.0 Å². The molecule has 0 saturated heterocycles. The number of nitrogens with zero attached hydrogens (tertiary/aromatic N) is 1. The van der Waals surface area contributed by atoms with Crippen molar-refractivity contribution in [3.05, 3.63) is 58.3 Å². The second-order valence-electron chi connectivity index (χ2n) is 6.57. The average Bonchev–Trinajstić information content (AvgIpc) is 3.25. The maximum absolute atomic E-state index is 11.8. The molecule has 0 aliphatic heterocycles. The zero-order chi connectivity index (χ0) is 20.0.